The highest BCUT2D eigenvalue weighted by Gasteiger charge is 2.36. The van der Waals surface area contributed by atoms with E-state index in [2.05, 4.69) is 5.32 Å². The van der Waals surface area contributed by atoms with Gasteiger partial charge in [-0.1, -0.05) is 54.1 Å². The van der Waals surface area contributed by atoms with E-state index in [-0.39, 0.29) is 27.8 Å². The van der Waals surface area contributed by atoms with Crippen LogP contribution < -0.4 is 5.32 Å². The molecule has 3 amide bonds. The third kappa shape index (κ3) is 5.87. The van der Waals surface area contributed by atoms with Gasteiger partial charge in [0.1, 0.15) is 6.54 Å². The van der Waals surface area contributed by atoms with Crippen molar-refractivity contribution < 1.29 is 23.9 Å². The molecule has 0 bridgehead atoms. The number of nitrogens with one attached hydrogen (secondary N) is 1. The van der Waals surface area contributed by atoms with Gasteiger partial charge in [0.25, 0.3) is 11.1 Å². The molecule has 164 valence electrons. The van der Waals surface area contributed by atoms with Crippen LogP contribution in [0.1, 0.15) is 22.8 Å². The van der Waals surface area contributed by atoms with Gasteiger partial charge in [0.05, 0.1) is 22.1 Å². The van der Waals surface area contributed by atoms with Crippen molar-refractivity contribution in [2.24, 2.45) is 0 Å². The number of esters is 1. The van der Waals surface area contributed by atoms with Gasteiger partial charge in [0.2, 0.25) is 5.91 Å². The van der Waals surface area contributed by atoms with Crippen LogP contribution in [-0.4, -0.2) is 41.1 Å². The van der Waals surface area contributed by atoms with Crippen LogP contribution in [0, 0.1) is 0 Å². The highest BCUT2D eigenvalue weighted by atomic mass is 35.5. The molecule has 1 heterocycles. The quantitative estimate of drug-likeness (QED) is 0.463. The minimum absolute atomic E-state index is 0.102. The second-order valence-electron chi connectivity index (χ2n) is 6.52. The zero-order valence-electron chi connectivity index (χ0n) is 17.0. The Morgan fingerprint density at radius 3 is 2.62 bits per heavy atom. The SMILES string of the molecule is CCOC(=O)c1cc(NC(=O)CN2C(=O)S/C(=C\C=C\c3ccccc3)C2=O)ccc1Cl. The molecule has 3 rings (SSSR count). The van der Waals surface area contributed by atoms with Crippen LogP contribution in [0.3, 0.4) is 0 Å². The molecule has 9 heteroatoms. The maximum absolute atomic E-state index is 12.5. The third-order valence-corrected chi connectivity index (χ3v) is 5.51. The molecule has 2 aromatic carbocycles. The smallest absolute Gasteiger partial charge is 0.339 e. The predicted molar refractivity (Wildman–Crippen MR) is 124 cm³/mol. The number of thioether (sulfide) groups is 1. The number of rotatable bonds is 7. The van der Waals surface area contributed by atoms with Crippen molar-refractivity contribution in [2.75, 3.05) is 18.5 Å². The van der Waals surface area contributed by atoms with Crippen molar-refractivity contribution in [3.63, 3.8) is 0 Å². The molecule has 0 atom stereocenters. The van der Waals surface area contributed by atoms with E-state index < -0.39 is 29.6 Å². The van der Waals surface area contributed by atoms with Crippen molar-refractivity contribution in [3.8, 4) is 0 Å². The lowest BCUT2D eigenvalue weighted by Gasteiger charge is -2.13. The molecule has 0 unspecified atom stereocenters. The van der Waals surface area contributed by atoms with Crippen molar-refractivity contribution in [1.82, 2.24) is 4.90 Å². The lowest BCUT2D eigenvalue weighted by molar-refractivity contribution is -0.127. The fourth-order valence-corrected chi connectivity index (χ4v) is 3.76. The number of hydrogen-bond acceptors (Lipinski definition) is 6. The number of allylic oxidation sites excluding steroid dienone is 2. The molecule has 0 spiro atoms. The zero-order chi connectivity index (χ0) is 23.1. The maximum atomic E-state index is 12.5. The van der Waals surface area contributed by atoms with Gasteiger partial charge in [0, 0.05) is 5.69 Å². The van der Waals surface area contributed by atoms with E-state index in [1.165, 1.54) is 18.2 Å². The Morgan fingerprint density at radius 2 is 1.91 bits per heavy atom. The number of amides is 3. The second kappa shape index (κ2) is 10.8. The molecule has 0 saturated carbocycles. The summed E-state index contributed by atoms with van der Waals surface area (Å²) in [6, 6.07) is 13.8. The molecule has 0 radical (unpaired) electrons. The van der Waals surface area contributed by atoms with Gasteiger partial charge in [-0.05, 0) is 48.5 Å². The van der Waals surface area contributed by atoms with E-state index in [4.69, 9.17) is 16.3 Å². The molecule has 1 fully saturated rings. The number of nitrogens with zero attached hydrogens (tertiary/aromatic N) is 1. The van der Waals surface area contributed by atoms with Crippen LogP contribution in [-0.2, 0) is 14.3 Å². The predicted octanol–water partition coefficient (Wildman–Crippen LogP) is 4.75. The summed E-state index contributed by atoms with van der Waals surface area (Å²) in [5.74, 6) is -1.75. The Kier molecular flexibility index (Phi) is 7.86. The van der Waals surface area contributed by atoms with Gasteiger partial charge in [-0.3, -0.25) is 19.3 Å². The Bertz CT molecular complexity index is 1110. The monoisotopic (exact) mass is 470 g/mol. The Morgan fingerprint density at radius 1 is 1.16 bits per heavy atom. The number of imide groups is 1. The molecular formula is C23H19ClN2O5S. The van der Waals surface area contributed by atoms with Crippen molar-refractivity contribution in [2.45, 2.75) is 6.92 Å². The van der Waals surface area contributed by atoms with E-state index in [1.807, 2.05) is 36.4 Å². The van der Waals surface area contributed by atoms with Crippen LogP contribution in [0.2, 0.25) is 5.02 Å². The average molecular weight is 471 g/mol. The summed E-state index contributed by atoms with van der Waals surface area (Å²) in [7, 11) is 0. The number of ether oxygens (including phenoxy) is 1. The van der Waals surface area contributed by atoms with Gasteiger partial charge in [-0.15, -0.1) is 0 Å². The van der Waals surface area contributed by atoms with Crippen molar-refractivity contribution >= 4 is 58.1 Å². The normalized spacial score (nSPS) is 14.9. The first-order valence-corrected chi connectivity index (χ1v) is 10.8. The lowest BCUT2D eigenvalue weighted by atomic mass is 10.2. The highest BCUT2D eigenvalue weighted by Crippen LogP contribution is 2.30. The molecule has 2 aromatic rings. The maximum Gasteiger partial charge on any atom is 0.339 e. The topological polar surface area (TPSA) is 92.8 Å². The number of carbonyl (C=O) groups excluding carboxylic acids is 4. The van der Waals surface area contributed by atoms with Crippen molar-refractivity contribution in [3.05, 3.63) is 81.7 Å². The molecule has 0 aliphatic carbocycles. The number of anilines is 1. The minimum Gasteiger partial charge on any atom is -0.462 e. The largest absolute Gasteiger partial charge is 0.462 e. The van der Waals surface area contributed by atoms with Crippen molar-refractivity contribution in [1.29, 1.82) is 0 Å². The van der Waals surface area contributed by atoms with E-state index in [9.17, 15) is 19.2 Å². The number of carbonyl (C=O) groups is 4. The second-order valence-corrected chi connectivity index (χ2v) is 7.92. The number of halogens is 1. The van der Waals surface area contributed by atoms with Crippen LogP contribution in [0.25, 0.3) is 6.08 Å². The van der Waals surface area contributed by atoms with E-state index in [1.54, 1.807) is 19.1 Å². The summed E-state index contributed by atoms with van der Waals surface area (Å²) in [5.41, 5.74) is 1.34. The zero-order valence-corrected chi connectivity index (χ0v) is 18.6. The summed E-state index contributed by atoms with van der Waals surface area (Å²) in [4.78, 5) is 50.2. The fraction of sp³-hybridized carbons (Fsp3) is 0.130. The van der Waals surface area contributed by atoms with Crippen LogP contribution in [0.4, 0.5) is 10.5 Å². The summed E-state index contributed by atoms with van der Waals surface area (Å²) in [6.07, 6.45) is 5.03. The third-order valence-electron chi connectivity index (χ3n) is 4.26. The van der Waals surface area contributed by atoms with Gasteiger partial charge in [0.15, 0.2) is 0 Å². The van der Waals surface area contributed by atoms with E-state index in [0.29, 0.717) is 0 Å². The van der Waals surface area contributed by atoms with Gasteiger partial charge >= 0.3 is 5.97 Å². The Balaban J connectivity index is 1.64. The highest BCUT2D eigenvalue weighted by molar-refractivity contribution is 8.18. The van der Waals surface area contributed by atoms with Crippen LogP contribution in [0.15, 0.2) is 65.6 Å². The first-order valence-electron chi connectivity index (χ1n) is 9.62. The van der Waals surface area contributed by atoms with E-state index in [0.717, 1.165) is 22.2 Å². The van der Waals surface area contributed by atoms with Crippen LogP contribution in [0.5, 0.6) is 0 Å². The molecular weight excluding hydrogens is 452 g/mol. The summed E-state index contributed by atoms with van der Waals surface area (Å²) in [6.45, 7) is 1.39. The summed E-state index contributed by atoms with van der Waals surface area (Å²) >= 11 is 6.78. The molecule has 1 N–H and O–H groups in total. The number of hydrogen-bond donors (Lipinski definition) is 1. The molecule has 1 aliphatic rings. The average Bonchev–Trinajstić information content (AvgIpc) is 3.03. The standard InChI is InChI=1S/C23H19ClN2O5S/c1-2-31-22(29)17-13-16(11-12-18(17)24)25-20(27)14-26-21(28)19(32-23(26)30)10-6-9-15-7-4-3-5-8-15/h3-13H,2,14H2,1H3,(H,25,27)/b9-6+,19-10-. The Hall–Kier alpha value is -3.36. The fourth-order valence-electron chi connectivity index (χ4n) is 2.77. The van der Waals surface area contributed by atoms with Gasteiger partial charge < -0.3 is 10.1 Å². The van der Waals surface area contributed by atoms with E-state index >= 15 is 0 Å². The van der Waals surface area contributed by atoms with Gasteiger partial charge in [-0.25, -0.2) is 4.79 Å². The summed E-state index contributed by atoms with van der Waals surface area (Å²) in [5, 5.41) is 2.21. The molecule has 32 heavy (non-hydrogen) atoms. The Labute approximate surface area is 194 Å². The minimum atomic E-state index is -0.617. The molecule has 7 nitrogen and oxygen atoms in total. The van der Waals surface area contributed by atoms with Gasteiger partial charge in [-0.2, -0.15) is 0 Å². The number of benzene rings is 2. The first kappa shape index (κ1) is 23.3. The first-order chi connectivity index (χ1) is 15.4. The van der Waals surface area contributed by atoms with Crippen LogP contribution >= 0.6 is 23.4 Å². The molecule has 1 aliphatic heterocycles. The molecule has 1 saturated heterocycles. The lowest BCUT2D eigenvalue weighted by Crippen LogP contribution is -2.36. The summed E-state index contributed by atoms with van der Waals surface area (Å²) < 4.78 is 4.93. The molecule has 0 aromatic heterocycles.